The number of hydrogen-bond acceptors (Lipinski definition) is 5. The van der Waals surface area contributed by atoms with E-state index in [1.54, 1.807) is 34.9 Å². The van der Waals surface area contributed by atoms with Gasteiger partial charge in [-0.15, -0.1) is 11.8 Å². The summed E-state index contributed by atoms with van der Waals surface area (Å²) in [6, 6.07) is 4.84. The van der Waals surface area contributed by atoms with E-state index in [1.165, 1.54) is 0 Å². The van der Waals surface area contributed by atoms with Gasteiger partial charge in [-0.3, -0.25) is 9.59 Å². The Hall–Kier alpha value is -1.89. The number of rotatable bonds is 1. The molecule has 6 nitrogen and oxygen atoms in total. The molecular formula is C11H14N2O4S. The van der Waals surface area contributed by atoms with E-state index in [0.717, 1.165) is 12.3 Å². The zero-order valence-electron chi connectivity index (χ0n) is 9.57. The summed E-state index contributed by atoms with van der Waals surface area (Å²) in [5, 5.41) is 16.5. The van der Waals surface area contributed by atoms with Crippen LogP contribution in [0.5, 0.6) is 5.75 Å². The normalized spacial score (nSPS) is 13.7. The Morgan fingerprint density at radius 2 is 2.17 bits per heavy atom. The van der Waals surface area contributed by atoms with E-state index in [1.807, 2.05) is 0 Å². The van der Waals surface area contributed by atoms with Crippen molar-refractivity contribution in [2.24, 2.45) is 0 Å². The monoisotopic (exact) mass is 270 g/mol. The molecule has 0 radical (unpaired) electrons. The highest BCUT2D eigenvalue weighted by atomic mass is 32.2. The number of carbonyl (C=O) groups excluding carboxylic acids is 1. The van der Waals surface area contributed by atoms with Gasteiger partial charge < -0.3 is 20.8 Å². The van der Waals surface area contributed by atoms with Crippen molar-refractivity contribution in [1.82, 2.24) is 4.90 Å². The maximum atomic E-state index is 11.9. The van der Waals surface area contributed by atoms with Gasteiger partial charge in [0.25, 0.3) is 12.4 Å². The second-order valence-electron chi connectivity index (χ2n) is 3.45. The molecule has 0 aromatic heterocycles. The van der Waals surface area contributed by atoms with Gasteiger partial charge in [-0.05, 0) is 12.1 Å². The fraction of sp³-hybridized carbons (Fsp3) is 0.273. The van der Waals surface area contributed by atoms with Crippen molar-refractivity contribution in [3.05, 3.63) is 23.8 Å². The van der Waals surface area contributed by atoms with Crippen molar-refractivity contribution >= 4 is 29.8 Å². The lowest BCUT2D eigenvalue weighted by Gasteiger charge is -2.15. The molecule has 18 heavy (non-hydrogen) atoms. The summed E-state index contributed by atoms with van der Waals surface area (Å²) in [7, 11) is 0. The third-order valence-electron chi connectivity index (χ3n) is 2.34. The van der Waals surface area contributed by atoms with Crippen LogP contribution in [0, 0.1) is 0 Å². The predicted octanol–water partition coefficient (Wildman–Crippen LogP) is 0.822. The number of thioether (sulfide) groups is 1. The predicted molar refractivity (Wildman–Crippen MR) is 69.6 cm³/mol. The van der Waals surface area contributed by atoms with Gasteiger partial charge >= 0.3 is 0 Å². The number of aromatic hydroxyl groups is 1. The van der Waals surface area contributed by atoms with Crippen LogP contribution in [0.15, 0.2) is 18.2 Å². The van der Waals surface area contributed by atoms with Gasteiger partial charge in [0.05, 0.1) is 17.1 Å². The quantitative estimate of drug-likeness (QED) is 0.396. The molecule has 1 fully saturated rings. The van der Waals surface area contributed by atoms with E-state index in [9.17, 15) is 9.90 Å². The van der Waals surface area contributed by atoms with E-state index >= 15 is 0 Å². The summed E-state index contributed by atoms with van der Waals surface area (Å²) in [4.78, 5) is 22.0. The zero-order valence-corrected chi connectivity index (χ0v) is 10.4. The third-order valence-corrected chi connectivity index (χ3v) is 3.30. The molecule has 98 valence electrons. The van der Waals surface area contributed by atoms with Crippen molar-refractivity contribution in [2.75, 3.05) is 23.9 Å². The molecule has 0 spiro atoms. The Morgan fingerprint density at radius 1 is 1.50 bits per heavy atom. The van der Waals surface area contributed by atoms with Gasteiger partial charge in [0.2, 0.25) is 0 Å². The van der Waals surface area contributed by atoms with Gasteiger partial charge in [0.1, 0.15) is 0 Å². The maximum Gasteiger partial charge on any atom is 0.290 e. The Kier molecular flexibility index (Phi) is 5.31. The second-order valence-corrected chi connectivity index (χ2v) is 4.53. The molecular weight excluding hydrogens is 256 g/mol. The second kappa shape index (κ2) is 6.75. The lowest BCUT2D eigenvalue weighted by atomic mass is 10.1. The number of nitrogen functional groups attached to an aromatic ring is 1. The molecule has 2 rings (SSSR count). The molecule has 7 heteroatoms. The van der Waals surface area contributed by atoms with Gasteiger partial charge in [-0.25, -0.2) is 0 Å². The molecule has 0 aliphatic carbocycles. The number of carbonyl (C=O) groups is 2. The van der Waals surface area contributed by atoms with Crippen molar-refractivity contribution < 1.29 is 19.8 Å². The summed E-state index contributed by atoms with van der Waals surface area (Å²) in [6.07, 6.45) is 0. The molecule has 1 aliphatic rings. The van der Waals surface area contributed by atoms with Crippen LogP contribution in [0.3, 0.4) is 0 Å². The standard InChI is InChI=1S/C10H12N2O2S.CH2O2/c11-8-3-1-2-7(9(8)13)10(14)12-4-5-15-6-12;2-1-3/h1-3,13H,4-6,11H2;1H,(H,2,3). The molecule has 1 aromatic carbocycles. The lowest BCUT2D eigenvalue weighted by Crippen LogP contribution is -2.27. The summed E-state index contributed by atoms with van der Waals surface area (Å²) >= 11 is 1.71. The number of amides is 1. The SMILES string of the molecule is Nc1cccc(C(=O)N2CCSC2)c1O.O=CO. The molecule has 0 bridgehead atoms. The minimum Gasteiger partial charge on any atom is -0.505 e. The minimum absolute atomic E-state index is 0.112. The van der Waals surface area contributed by atoms with Crippen LogP contribution in [0.1, 0.15) is 10.4 Å². The number of nitrogens with two attached hydrogens (primary N) is 1. The fourth-order valence-electron chi connectivity index (χ4n) is 1.48. The molecule has 0 unspecified atom stereocenters. The minimum atomic E-state index is -0.250. The topological polar surface area (TPSA) is 104 Å². The number of benzene rings is 1. The van der Waals surface area contributed by atoms with Crippen LogP contribution < -0.4 is 5.73 Å². The zero-order chi connectivity index (χ0) is 13.5. The first-order valence-electron chi connectivity index (χ1n) is 5.14. The summed E-state index contributed by atoms with van der Waals surface area (Å²) in [5.41, 5.74) is 6.06. The molecule has 1 aromatic rings. The molecule has 0 atom stereocenters. The van der Waals surface area contributed by atoms with Crippen LogP contribution in [0.25, 0.3) is 0 Å². The number of anilines is 1. The third kappa shape index (κ3) is 3.30. The Morgan fingerprint density at radius 3 is 2.72 bits per heavy atom. The molecule has 4 N–H and O–H groups in total. The first kappa shape index (κ1) is 14.2. The molecule has 0 saturated carbocycles. The van der Waals surface area contributed by atoms with Crippen LogP contribution >= 0.6 is 11.8 Å². The summed E-state index contributed by atoms with van der Waals surface area (Å²) in [6.45, 7) is 0.484. The van der Waals surface area contributed by atoms with Crippen LogP contribution in [0.2, 0.25) is 0 Å². The smallest absolute Gasteiger partial charge is 0.290 e. The van der Waals surface area contributed by atoms with E-state index in [2.05, 4.69) is 0 Å². The lowest BCUT2D eigenvalue weighted by molar-refractivity contribution is -0.122. The Labute approximate surface area is 108 Å². The number of para-hydroxylation sites is 1. The van der Waals surface area contributed by atoms with Crippen molar-refractivity contribution in [2.45, 2.75) is 0 Å². The van der Waals surface area contributed by atoms with Crippen LogP contribution in [-0.2, 0) is 4.79 Å². The summed E-state index contributed by atoms with van der Waals surface area (Å²) in [5.74, 6) is 1.38. The Balaban J connectivity index is 0.000000492. The number of carboxylic acid groups (broad SMARTS) is 1. The fourth-order valence-corrected chi connectivity index (χ4v) is 2.42. The van der Waals surface area contributed by atoms with Crippen molar-refractivity contribution in [1.29, 1.82) is 0 Å². The van der Waals surface area contributed by atoms with E-state index < -0.39 is 0 Å². The average Bonchev–Trinajstić information content (AvgIpc) is 2.86. The first-order valence-corrected chi connectivity index (χ1v) is 6.29. The van der Waals surface area contributed by atoms with E-state index in [4.69, 9.17) is 15.6 Å². The average molecular weight is 270 g/mol. The first-order chi connectivity index (χ1) is 8.61. The largest absolute Gasteiger partial charge is 0.505 e. The highest BCUT2D eigenvalue weighted by Crippen LogP contribution is 2.27. The van der Waals surface area contributed by atoms with E-state index in [-0.39, 0.29) is 29.4 Å². The number of hydrogen-bond donors (Lipinski definition) is 3. The highest BCUT2D eigenvalue weighted by Gasteiger charge is 2.22. The number of nitrogens with zero attached hydrogens (tertiary/aromatic N) is 1. The van der Waals surface area contributed by atoms with Crippen molar-refractivity contribution in [3.8, 4) is 5.75 Å². The molecule has 1 aliphatic heterocycles. The molecule has 1 saturated heterocycles. The van der Waals surface area contributed by atoms with Gasteiger partial charge in [-0.1, -0.05) is 6.07 Å². The van der Waals surface area contributed by atoms with Gasteiger partial charge in [-0.2, -0.15) is 0 Å². The Bertz CT molecular complexity index is 433. The van der Waals surface area contributed by atoms with Gasteiger partial charge in [0, 0.05) is 12.3 Å². The summed E-state index contributed by atoms with van der Waals surface area (Å²) < 4.78 is 0. The molecule has 1 amide bonds. The van der Waals surface area contributed by atoms with Gasteiger partial charge in [0.15, 0.2) is 5.75 Å². The number of phenols is 1. The van der Waals surface area contributed by atoms with Crippen LogP contribution in [0.4, 0.5) is 5.69 Å². The molecule has 1 heterocycles. The maximum absolute atomic E-state index is 11.9. The highest BCUT2D eigenvalue weighted by molar-refractivity contribution is 7.99. The van der Waals surface area contributed by atoms with Crippen LogP contribution in [-0.4, -0.2) is 45.7 Å². The number of phenolic OH excluding ortho intramolecular Hbond substituents is 1. The van der Waals surface area contributed by atoms with Crippen molar-refractivity contribution in [3.63, 3.8) is 0 Å². The van der Waals surface area contributed by atoms with E-state index in [0.29, 0.717) is 5.88 Å².